The lowest BCUT2D eigenvalue weighted by Gasteiger charge is -2.19. The van der Waals surface area contributed by atoms with Crippen molar-refractivity contribution in [2.75, 3.05) is 12.4 Å². The molecule has 0 heterocycles. The second kappa shape index (κ2) is 6.88. The van der Waals surface area contributed by atoms with Crippen LogP contribution in [0.4, 0.5) is 10.1 Å². The molecule has 0 aliphatic carbocycles. The first-order valence-electron chi connectivity index (χ1n) is 6.91. The monoisotopic (exact) mass is 286 g/mol. The largest absolute Gasteiger partial charge is 0.378 e. The minimum Gasteiger partial charge on any atom is -0.378 e. The SMILES string of the molecule is CNC(=O)Cc1ccccc1NC(C)c1ccccc1F. The van der Waals surface area contributed by atoms with Gasteiger partial charge in [0.25, 0.3) is 0 Å². The summed E-state index contributed by atoms with van der Waals surface area (Å²) in [5, 5.41) is 5.89. The Hall–Kier alpha value is -2.36. The van der Waals surface area contributed by atoms with Crippen LogP contribution in [0, 0.1) is 5.82 Å². The van der Waals surface area contributed by atoms with Gasteiger partial charge in [-0.25, -0.2) is 4.39 Å². The summed E-state index contributed by atoms with van der Waals surface area (Å²) in [4.78, 5) is 11.5. The van der Waals surface area contributed by atoms with Crippen molar-refractivity contribution in [3.8, 4) is 0 Å². The molecule has 1 amide bonds. The van der Waals surface area contributed by atoms with E-state index in [1.165, 1.54) is 6.07 Å². The minimum atomic E-state index is -0.235. The van der Waals surface area contributed by atoms with Crippen molar-refractivity contribution >= 4 is 11.6 Å². The number of para-hydroxylation sites is 1. The van der Waals surface area contributed by atoms with E-state index in [-0.39, 0.29) is 17.8 Å². The molecule has 2 aromatic carbocycles. The van der Waals surface area contributed by atoms with Gasteiger partial charge in [-0.3, -0.25) is 4.79 Å². The zero-order valence-electron chi connectivity index (χ0n) is 12.2. The van der Waals surface area contributed by atoms with E-state index in [2.05, 4.69) is 10.6 Å². The summed E-state index contributed by atoms with van der Waals surface area (Å²) in [5.74, 6) is -0.288. The number of rotatable bonds is 5. The van der Waals surface area contributed by atoms with Crippen LogP contribution in [-0.4, -0.2) is 13.0 Å². The standard InChI is InChI=1S/C17H19FN2O/c1-12(14-8-4-5-9-15(14)18)20-16-10-6-3-7-13(16)11-17(21)19-2/h3-10,12,20H,11H2,1-2H3,(H,19,21). The average Bonchev–Trinajstić information content (AvgIpc) is 2.49. The highest BCUT2D eigenvalue weighted by Gasteiger charge is 2.12. The Kier molecular flexibility index (Phi) is 4.93. The quantitative estimate of drug-likeness (QED) is 0.885. The fraction of sp³-hybridized carbons (Fsp3) is 0.235. The van der Waals surface area contributed by atoms with Gasteiger partial charge in [0, 0.05) is 18.3 Å². The molecule has 0 spiro atoms. The number of halogens is 1. The molecule has 0 aliphatic rings. The van der Waals surface area contributed by atoms with Crippen LogP contribution >= 0.6 is 0 Å². The van der Waals surface area contributed by atoms with Gasteiger partial charge in [0.2, 0.25) is 5.91 Å². The van der Waals surface area contributed by atoms with Crippen molar-refractivity contribution in [2.24, 2.45) is 0 Å². The number of carbonyl (C=O) groups is 1. The van der Waals surface area contributed by atoms with Crippen LogP contribution in [0.15, 0.2) is 48.5 Å². The Bertz CT molecular complexity index is 628. The summed E-state index contributed by atoms with van der Waals surface area (Å²) in [6.45, 7) is 1.90. The Morgan fingerprint density at radius 1 is 1.14 bits per heavy atom. The van der Waals surface area contributed by atoms with Crippen LogP contribution in [0.2, 0.25) is 0 Å². The number of amides is 1. The van der Waals surface area contributed by atoms with E-state index in [1.807, 2.05) is 37.3 Å². The molecule has 0 saturated carbocycles. The van der Waals surface area contributed by atoms with Crippen molar-refractivity contribution in [3.63, 3.8) is 0 Å². The van der Waals surface area contributed by atoms with E-state index in [0.717, 1.165) is 11.3 Å². The average molecular weight is 286 g/mol. The molecule has 1 unspecified atom stereocenters. The predicted octanol–water partition coefficient (Wildman–Crippen LogP) is 3.29. The molecule has 0 fully saturated rings. The maximum atomic E-state index is 13.8. The van der Waals surface area contributed by atoms with E-state index < -0.39 is 0 Å². The Balaban J connectivity index is 2.19. The van der Waals surface area contributed by atoms with Crippen molar-refractivity contribution in [1.82, 2.24) is 5.32 Å². The molecular formula is C17H19FN2O. The van der Waals surface area contributed by atoms with Gasteiger partial charge < -0.3 is 10.6 Å². The second-order valence-corrected chi connectivity index (χ2v) is 4.89. The first-order valence-corrected chi connectivity index (χ1v) is 6.91. The highest BCUT2D eigenvalue weighted by molar-refractivity contribution is 5.80. The van der Waals surface area contributed by atoms with Gasteiger partial charge in [0.15, 0.2) is 0 Å². The van der Waals surface area contributed by atoms with Crippen molar-refractivity contribution in [3.05, 3.63) is 65.5 Å². The summed E-state index contributed by atoms with van der Waals surface area (Å²) in [6, 6.07) is 14.1. The molecule has 0 aromatic heterocycles. The molecule has 2 aromatic rings. The summed E-state index contributed by atoms with van der Waals surface area (Å²) in [6.07, 6.45) is 0.295. The van der Waals surface area contributed by atoms with E-state index in [1.54, 1.807) is 19.2 Å². The highest BCUT2D eigenvalue weighted by atomic mass is 19.1. The number of benzene rings is 2. The number of carbonyl (C=O) groups excluding carboxylic acids is 1. The molecule has 21 heavy (non-hydrogen) atoms. The van der Waals surface area contributed by atoms with Crippen LogP contribution in [0.5, 0.6) is 0 Å². The first-order chi connectivity index (χ1) is 10.1. The summed E-state index contributed by atoms with van der Waals surface area (Å²) in [7, 11) is 1.61. The molecule has 110 valence electrons. The van der Waals surface area contributed by atoms with Gasteiger partial charge in [0.05, 0.1) is 12.5 Å². The van der Waals surface area contributed by atoms with Gasteiger partial charge >= 0.3 is 0 Å². The smallest absolute Gasteiger partial charge is 0.224 e. The molecule has 3 nitrogen and oxygen atoms in total. The molecule has 2 rings (SSSR count). The molecule has 0 saturated heterocycles. The Morgan fingerprint density at radius 2 is 1.81 bits per heavy atom. The summed E-state index contributed by atoms with van der Waals surface area (Å²) in [5.41, 5.74) is 2.34. The lowest BCUT2D eigenvalue weighted by molar-refractivity contribution is -0.119. The fourth-order valence-corrected chi connectivity index (χ4v) is 2.21. The summed E-state index contributed by atoms with van der Waals surface area (Å²) >= 11 is 0. The van der Waals surface area contributed by atoms with Crippen molar-refractivity contribution in [2.45, 2.75) is 19.4 Å². The van der Waals surface area contributed by atoms with Gasteiger partial charge in [-0.05, 0) is 24.6 Å². The third kappa shape index (κ3) is 3.81. The van der Waals surface area contributed by atoms with Gasteiger partial charge in [-0.15, -0.1) is 0 Å². The Labute approximate surface area is 124 Å². The van der Waals surface area contributed by atoms with E-state index in [4.69, 9.17) is 0 Å². The van der Waals surface area contributed by atoms with Gasteiger partial charge in [-0.2, -0.15) is 0 Å². The van der Waals surface area contributed by atoms with Crippen LogP contribution in [-0.2, 0) is 11.2 Å². The number of hydrogen-bond acceptors (Lipinski definition) is 2. The third-order valence-electron chi connectivity index (χ3n) is 3.39. The van der Waals surface area contributed by atoms with E-state index >= 15 is 0 Å². The van der Waals surface area contributed by atoms with Gasteiger partial charge in [-0.1, -0.05) is 36.4 Å². The number of anilines is 1. The number of nitrogens with one attached hydrogen (secondary N) is 2. The zero-order chi connectivity index (χ0) is 15.2. The van der Waals surface area contributed by atoms with E-state index in [0.29, 0.717) is 12.0 Å². The maximum absolute atomic E-state index is 13.8. The van der Waals surface area contributed by atoms with Crippen LogP contribution in [0.1, 0.15) is 24.1 Å². The molecule has 0 radical (unpaired) electrons. The first kappa shape index (κ1) is 15.0. The molecule has 4 heteroatoms. The lowest BCUT2D eigenvalue weighted by Crippen LogP contribution is -2.21. The Morgan fingerprint density at radius 3 is 2.52 bits per heavy atom. The molecule has 0 bridgehead atoms. The fourth-order valence-electron chi connectivity index (χ4n) is 2.21. The van der Waals surface area contributed by atoms with Crippen LogP contribution < -0.4 is 10.6 Å². The van der Waals surface area contributed by atoms with Gasteiger partial charge in [0.1, 0.15) is 5.82 Å². The molecule has 0 aliphatic heterocycles. The number of hydrogen-bond donors (Lipinski definition) is 2. The summed E-state index contributed by atoms with van der Waals surface area (Å²) < 4.78 is 13.8. The highest BCUT2D eigenvalue weighted by Crippen LogP contribution is 2.24. The maximum Gasteiger partial charge on any atom is 0.224 e. The van der Waals surface area contributed by atoms with E-state index in [9.17, 15) is 9.18 Å². The zero-order valence-corrected chi connectivity index (χ0v) is 12.2. The second-order valence-electron chi connectivity index (χ2n) is 4.89. The third-order valence-corrected chi connectivity index (χ3v) is 3.39. The van der Waals surface area contributed by atoms with Crippen molar-refractivity contribution < 1.29 is 9.18 Å². The minimum absolute atomic E-state index is 0.0530. The number of likely N-dealkylation sites (N-methyl/N-ethyl adjacent to an activating group) is 1. The van der Waals surface area contributed by atoms with Crippen LogP contribution in [0.25, 0.3) is 0 Å². The van der Waals surface area contributed by atoms with Crippen LogP contribution in [0.3, 0.4) is 0 Å². The normalized spacial score (nSPS) is 11.8. The molecule has 2 N–H and O–H groups in total. The lowest BCUT2D eigenvalue weighted by atomic mass is 10.0. The predicted molar refractivity (Wildman–Crippen MR) is 82.7 cm³/mol. The molecule has 1 atom stereocenters. The molecular weight excluding hydrogens is 267 g/mol. The van der Waals surface area contributed by atoms with Crippen molar-refractivity contribution in [1.29, 1.82) is 0 Å². The topological polar surface area (TPSA) is 41.1 Å².